The van der Waals surface area contributed by atoms with Crippen molar-refractivity contribution in [1.82, 2.24) is 0 Å². The zero-order valence-corrected chi connectivity index (χ0v) is 20.8. The SMILES string of the molecule is COc1ccc(N=Cc2ccc(C(=O)O)cc2)cc1.COc1ccc(N=Cc2ccc(C(=O)O)cc2)cc1. The summed E-state index contributed by atoms with van der Waals surface area (Å²) in [6.45, 7) is 0. The topological polar surface area (TPSA) is 118 Å². The van der Waals surface area contributed by atoms with E-state index < -0.39 is 11.9 Å². The zero-order chi connectivity index (χ0) is 27.3. The molecule has 0 heterocycles. The number of rotatable bonds is 8. The highest BCUT2D eigenvalue weighted by molar-refractivity contribution is 5.90. The highest BCUT2D eigenvalue weighted by Gasteiger charge is 2.01. The highest BCUT2D eigenvalue weighted by atomic mass is 16.5. The van der Waals surface area contributed by atoms with Crippen LogP contribution in [0.4, 0.5) is 11.4 Å². The van der Waals surface area contributed by atoms with Crippen molar-refractivity contribution in [2.24, 2.45) is 9.98 Å². The third kappa shape index (κ3) is 8.46. The van der Waals surface area contributed by atoms with Gasteiger partial charge >= 0.3 is 11.9 Å². The van der Waals surface area contributed by atoms with Gasteiger partial charge in [0, 0.05) is 12.4 Å². The van der Waals surface area contributed by atoms with Crippen LogP contribution >= 0.6 is 0 Å². The molecule has 0 aliphatic heterocycles. The number of aliphatic imine (C=N–C) groups is 2. The van der Waals surface area contributed by atoms with Crippen LogP contribution in [0.1, 0.15) is 31.8 Å². The summed E-state index contributed by atoms with van der Waals surface area (Å²) in [6, 6.07) is 27.8. The standard InChI is InChI=1S/2C15H13NO3/c2*1-19-14-8-6-13(7-9-14)16-10-11-2-4-12(5-3-11)15(17)18/h2*2-10H,1H3,(H,17,18). The molecular formula is C30H26N2O6. The van der Waals surface area contributed by atoms with Gasteiger partial charge in [0.15, 0.2) is 0 Å². The molecule has 0 aliphatic rings. The van der Waals surface area contributed by atoms with Gasteiger partial charge in [-0.1, -0.05) is 24.3 Å². The molecule has 0 unspecified atom stereocenters. The molecule has 8 nitrogen and oxygen atoms in total. The van der Waals surface area contributed by atoms with Crippen molar-refractivity contribution in [3.05, 3.63) is 119 Å². The first-order chi connectivity index (χ1) is 18.4. The minimum absolute atomic E-state index is 0.265. The van der Waals surface area contributed by atoms with Crippen molar-refractivity contribution in [3.8, 4) is 11.5 Å². The van der Waals surface area contributed by atoms with E-state index in [1.165, 1.54) is 0 Å². The minimum atomic E-state index is -0.932. The van der Waals surface area contributed by atoms with Gasteiger partial charge in [-0.05, 0) is 83.9 Å². The number of hydrogen-bond donors (Lipinski definition) is 2. The summed E-state index contributed by atoms with van der Waals surface area (Å²) in [7, 11) is 3.23. The number of nitrogens with zero attached hydrogens (tertiary/aromatic N) is 2. The van der Waals surface area contributed by atoms with Gasteiger partial charge in [0.2, 0.25) is 0 Å². The van der Waals surface area contributed by atoms with E-state index in [4.69, 9.17) is 19.7 Å². The summed E-state index contributed by atoms with van der Waals surface area (Å²) in [5.74, 6) is -0.299. The maximum atomic E-state index is 10.7. The molecular weight excluding hydrogens is 484 g/mol. The molecule has 0 aliphatic carbocycles. The van der Waals surface area contributed by atoms with Gasteiger partial charge in [-0.2, -0.15) is 0 Å². The molecule has 192 valence electrons. The lowest BCUT2D eigenvalue weighted by Gasteiger charge is -1.99. The van der Waals surface area contributed by atoms with Crippen molar-refractivity contribution in [3.63, 3.8) is 0 Å². The van der Waals surface area contributed by atoms with Crippen molar-refractivity contribution in [2.45, 2.75) is 0 Å². The molecule has 0 atom stereocenters. The monoisotopic (exact) mass is 510 g/mol. The van der Waals surface area contributed by atoms with Crippen LogP contribution in [0.2, 0.25) is 0 Å². The Balaban J connectivity index is 0.000000211. The first-order valence-electron chi connectivity index (χ1n) is 11.4. The third-order valence-corrected chi connectivity index (χ3v) is 5.19. The van der Waals surface area contributed by atoms with Crippen LogP contribution in [0.15, 0.2) is 107 Å². The number of carboxylic acid groups (broad SMARTS) is 2. The number of ether oxygens (including phenoxy) is 2. The average molecular weight is 511 g/mol. The molecule has 0 fully saturated rings. The predicted octanol–water partition coefficient (Wildman–Crippen LogP) is 6.29. The normalized spacial score (nSPS) is 10.6. The Bertz CT molecular complexity index is 1280. The first-order valence-corrected chi connectivity index (χ1v) is 11.4. The molecule has 2 N–H and O–H groups in total. The largest absolute Gasteiger partial charge is 0.497 e. The zero-order valence-electron chi connectivity index (χ0n) is 20.8. The number of hydrogen-bond acceptors (Lipinski definition) is 6. The molecule has 0 radical (unpaired) electrons. The van der Waals surface area contributed by atoms with Gasteiger partial charge in [0.25, 0.3) is 0 Å². The van der Waals surface area contributed by atoms with Gasteiger partial charge in [-0.3, -0.25) is 9.98 Å². The van der Waals surface area contributed by atoms with Crippen LogP contribution in [0.25, 0.3) is 0 Å². The maximum Gasteiger partial charge on any atom is 0.335 e. The van der Waals surface area contributed by atoms with E-state index in [2.05, 4.69) is 9.98 Å². The van der Waals surface area contributed by atoms with Crippen LogP contribution in [0, 0.1) is 0 Å². The summed E-state index contributed by atoms with van der Waals surface area (Å²) in [4.78, 5) is 30.0. The fraction of sp³-hybridized carbons (Fsp3) is 0.0667. The van der Waals surface area contributed by atoms with E-state index in [0.29, 0.717) is 0 Å². The molecule has 4 aromatic rings. The fourth-order valence-electron chi connectivity index (χ4n) is 3.06. The minimum Gasteiger partial charge on any atom is -0.497 e. The van der Waals surface area contributed by atoms with E-state index in [9.17, 15) is 9.59 Å². The van der Waals surface area contributed by atoms with Crippen LogP contribution in [0.5, 0.6) is 11.5 Å². The second kappa shape index (κ2) is 13.7. The van der Waals surface area contributed by atoms with Crippen molar-refractivity contribution in [2.75, 3.05) is 14.2 Å². The van der Waals surface area contributed by atoms with Crippen LogP contribution in [0.3, 0.4) is 0 Å². The lowest BCUT2D eigenvalue weighted by atomic mass is 10.1. The summed E-state index contributed by atoms with van der Waals surface area (Å²) in [5, 5.41) is 17.6. The number of carbonyl (C=O) groups is 2. The summed E-state index contributed by atoms with van der Waals surface area (Å²) < 4.78 is 10.1. The predicted molar refractivity (Wildman–Crippen MR) is 147 cm³/mol. The molecule has 38 heavy (non-hydrogen) atoms. The van der Waals surface area contributed by atoms with Gasteiger partial charge < -0.3 is 19.7 Å². The molecule has 4 aromatic carbocycles. The van der Waals surface area contributed by atoms with E-state index >= 15 is 0 Å². The van der Waals surface area contributed by atoms with Crippen molar-refractivity contribution in [1.29, 1.82) is 0 Å². The Kier molecular flexibility index (Phi) is 9.89. The quantitative estimate of drug-likeness (QED) is 0.269. The molecule has 0 amide bonds. The smallest absolute Gasteiger partial charge is 0.335 e. The second-order valence-corrected chi connectivity index (χ2v) is 7.77. The average Bonchev–Trinajstić information content (AvgIpc) is 2.96. The number of methoxy groups -OCH3 is 2. The van der Waals surface area contributed by atoms with Crippen LogP contribution < -0.4 is 9.47 Å². The Labute approximate surface area is 220 Å². The van der Waals surface area contributed by atoms with E-state index in [0.717, 1.165) is 34.0 Å². The van der Waals surface area contributed by atoms with Crippen LogP contribution in [-0.4, -0.2) is 48.8 Å². The molecule has 0 saturated carbocycles. The lowest BCUT2D eigenvalue weighted by Crippen LogP contribution is -1.95. The van der Waals surface area contributed by atoms with E-state index in [-0.39, 0.29) is 11.1 Å². The van der Waals surface area contributed by atoms with Crippen molar-refractivity contribution < 1.29 is 29.3 Å². The maximum absolute atomic E-state index is 10.7. The number of carboxylic acids is 2. The van der Waals surface area contributed by atoms with Crippen LogP contribution in [-0.2, 0) is 0 Å². The fourth-order valence-corrected chi connectivity index (χ4v) is 3.06. The summed E-state index contributed by atoms with van der Waals surface area (Å²) >= 11 is 0. The van der Waals surface area contributed by atoms with Gasteiger partial charge in [-0.15, -0.1) is 0 Å². The summed E-state index contributed by atoms with van der Waals surface area (Å²) in [6.07, 6.45) is 3.38. The lowest BCUT2D eigenvalue weighted by molar-refractivity contribution is 0.0686. The first kappa shape index (κ1) is 27.3. The van der Waals surface area contributed by atoms with E-state index in [1.54, 1.807) is 75.2 Å². The number of benzene rings is 4. The third-order valence-electron chi connectivity index (χ3n) is 5.19. The Hall–Kier alpha value is -5.24. The van der Waals surface area contributed by atoms with Gasteiger partial charge in [-0.25, -0.2) is 9.59 Å². The molecule has 4 rings (SSSR count). The van der Waals surface area contributed by atoms with Gasteiger partial charge in [0.05, 0.1) is 36.7 Å². The molecule has 0 saturated heterocycles. The van der Waals surface area contributed by atoms with Gasteiger partial charge in [0.1, 0.15) is 11.5 Å². The summed E-state index contributed by atoms with van der Waals surface area (Å²) in [5.41, 5.74) is 3.84. The second-order valence-electron chi connectivity index (χ2n) is 7.77. The van der Waals surface area contributed by atoms with E-state index in [1.807, 2.05) is 48.5 Å². The Morgan fingerprint density at radius 1 is 0.553 bits per heavy atom. The molecule has 0 aromatic heterocycles. The molecule has 0 bridgehead atoms. The number of aromatic carboxylic acids is 2. The molecule has 0 spiro atoms. The Morgan fingerprint density at radius 2 is 0.868 bits per heavy atom. The van der Waals surface area contributed by atoms with Crippen molar-refractivity contribution >= 4 is 35.7 Å². The highest BCUT2D eigenvalue weighted by Crippen LogP contribution is 2.18. The Morgan fingerprint density at radius 3 is 1.13 bits per heavy atom. The molecule has 8 heteroatoms.